The molecule has 0 aliphatic carbocycles. The molecule has 2 N–H and O–H groups in total. The van der Waals surface area contributed by atoms with Crippen molar-refractivity contribution in [2.75, 3.05) is 11.5 Å². The Hall–Kier alpha value is -3.46. The molecule has 3 rings (SSSR count). The van der Waals surface area contributed by atoms with Gasteiger partial charge in [0.2, 0.25) is 0 Å². The molecule has 1 aliphatic rings. The molecule has 1 atom stereocenters. The van der Waals surface area contributed by atoms with Crippen molar-refractivity contribution in [3.8, 4) is 17.2 Å². The zero-order valence-electron chi connectivity index (χ0n) is 16.9. The highest BCUT2D eigenvalue weighted by atomic mass is 32.2. The van der Waals surface area contributed by atoms with Crippen LogP contribution in [0.25, 0.3) is 6.08 Å². The van der Waals surface area contributed by atoms with E-state index in [9.17, 15) is 24.6 Å². The highest BCUT2D eigenvalue weighted by Crippen LogP contribution is 2.38. The summed E-state index contributed by atoms with van der Waals surface area (Å²) in [6.45, 7) is 3.82. The Labute approximate surface area is 183 Å². The maximum atomic E-state index is 12.8. The Morgan fingerprint density at radius 3 is 2.58 bits per heavy atom. The Balaban J connectivity index is 1.89. The van der Waals surface area contributed by atoms with Gasteiger partial charge in [-0.1, -0.05) is 19.1 Å². The average Bonchev–Trinajstić information content (AvgIpc) is 3.00. The molecule has 0 radical (unpaired) electrons. The van der Waals surface area contributed by atoms with E-state index in [1.165, 1.54) is 12.1 Å². The van der Waals surface area contributed by atoms with Crippen LogP contribution in [0, 0.1) is 0 Å². The van der Waals surface area contributed by atoms with Gasteiger partial charge in [0.05, 0.1) is 17.2 Å². The lowest BCUT2D eigenvalue weighted by Crippen LogP contribution is -2.27. The molecule has 162 valence electrons. The van der Waals surface area contributed by atoms with Crippen LogP contribution < -0.4 is 14.4 Å². The molecule has 8 nitrogen and oxygen atoms in total. The number of thioether (sulfide) groups is 1. The predicted molar refractivity (Wildman–Crippen MR) is 117 cm³/mol. The van der Waals surface area contributed by atoms with E-state index < -0.39 is 23.2 Å². The Morgan fingerprint density at radius 2 is 1.94 bits per heavy atom. The number of benzene rings is 2. The second-order valence-electron chi connectivity index (χ2n) is 6.53. The summed E-state index contributed by atoms with van der Waals surface area (Å²) in [5.74, 6) is -1.01. The summed E-state index contributed by atoms with van der Waals surface area (Å²) in [7, 11) is 0. The van der Waals surface area contributed by atoms with Crippen molar-refractivity contribution < 1.29 is 34.1 Å². The molecule has 2 amide bonds. The van der Waals surface area contributed by atoms with E-state index in [1.807, 2.05) is 0 Å². The first-order valence-electron chi connectivity index (χ1n) is 9.57. The Bertz CT molecular complexity index is 1050. The maximum Gasteiger partial charge on any atom is 0.344 e. The molecule has 0 saturated carbocycles. The lowest BCUT2D eigenvalue weighted by atomic mass is 10.1. The minimum Gasteiger partial charge on any atom is -0.508 e. The predicted octanol–water partition coefficient (Wildman–Crippen LogP) is 4.27. The molecule has 0 bridgehead atoms. The number of carbonyl (C=O) groups excluding carboxylic acids is 2. The first kappa shape index (κ1) is 22.2. The average molecular weight is 443 g/mol. The third kappa shape index (κ3) is 5.00. The van der Waals surface area contributed by atoms with Crippen LogP contribution in [0.2, 0.25) is 0 Å². The molecule has 1 heterocycles. The smallest absolute Gasteiger partial charge is 0.344 e. The first-order chi connectivity index (χ1) is 14.8. The zero-order valence-corrected chi connectivity index (χ0v) is 17.7. The molecule has 1 aliphatic heterocycles. The molecule has 0 spiro atoms. The number of imide groups is 1. The molecule has 1 saturated heterocycles. The summed E-state index contributed by atoms with van der Waals surface area (Å²) in [5, 5.41) is 18.4. The van der Waals surface area contributed by atoms with E-state index in [1.54, 1.807) is 50.3 Å². The molecule has 2 aromatic carbocycles. The van der Waals surface area contributed by atoms with Crippen LogP contribution in [0.4, 0.5) is 10.5 Å². The first-order valence-corrected chi connectivity index (χ1v) is 10.4. The normalized spacial score (nSPS) is 15.9. The van der Waals surface area contributed by atoms with Gasteiger partial charge in [-0.2, -0.15) is 0 Å². The number of amides is 2. The number of hydrogen-bond donors (Lipinski definition) is 2. The van der Waals surface area contributed by atoms with E-state index in [-0.39, 0.29) is 28.5 Å². The number of carboxylic acid groups (broad SMARTS) is 1. The monoisotopic (exact) mass is 443 g/mol. The van der Waals surface area contributed by atoms with Gasteiger partial charge in [-0.25, -0.2) is 9.69 Å². The summed E-state index contributed by atoms with van der Waals surface area (Å²) in [6.07, 6.45) is 0.822. The zero-order chi connectivity index (χ0) is 22.5. The summed E-state index contributed by atoms with van der Waals surface area (Å²) in [4.78, 5) is 37.6. The number of phenolic OH excluding ortho intramolecular Hbond substituents is 1. The van der Waals surface area contributed by atoms with E-state index >= 15 is 0 Å². The summed E-state index contributed by atoms with van der Waals surface area (Å²) >= 11 is 0.786. The molecule has 1 unspecified atom stereocenters. The fourth-order valence-electron chi connectivity index (χ4n) is 2.92. The van der Waals surface area contributed by atoms with Crippen molar-refractivity contribution in [2.45, 2.75) is 26.4 Å². The van der Waals surface area contributed by atoms with E-state index in [0.29, 0.717) is 17.9 Å². The number of phenols is 1. The number of ether oxygens (including phenoxy) is 2. The standard InChI is InChI=1S/C22H21NO7S/c1-3-16(21(26)27)30-17-9-8-13(10-18(17)29-4-2)11-19-20(25)23(22(28)31-19)14-6-5-7-15(24)12-14/h5-12,16,24H,3-4H2,1-2H3,(H,26,27)/b19-11+. The summed E-state index contributed by atoms with van der Waals surface area (Å²) in [5.41, 5.74) is 0.865. The second kappa shape index (κ2) is 9.57. The van der Waals surface area contributed by atoms with Gasteiger partial charge in [-0.15, -0.1) is 0 Å². The lowest BCUT2D eigenvalue weighted by Gasteiger charge is -2.17. The van der Waals surface area contributed by atoms with Gasteiger partial charge in [-0.3, -0.25) is 9.59 Å². The Kier molecular flexibility index (Phi) is 6.86. The highest BCUT2D eigenvalue weighted by molar-refractivity contribution is 8.19. The number of rotatable bonds is 8. The third-order valence-corrected chi connectivity index (χ3v) is 5.23. The molecular formula is C22H21NO7S. The second-order valence-corrected chi connectivity index (χ2v) is 7.52. The molecule has 31 heavy (non-hydrogen) atoms. The number of nitrogens with zero attached hydrogens (tertiary/aromatic N) is 1. The van der Waals surface area contributed by atoms with Crippen molar-refractivity contribution in [3.05, 3.63) is 52.9 Å². The van der Waals surface area contributed by atoms with Crippen molar-refractivity contribution >= 4 is 40.6 Å². The molecule has 9 heteroatoms. The largest absolute Gasteiger partial charge is 0.508 e. The quantitative estimate of drug-likeness (QED) is 0.582. The molecular weight excluding hydrogens is 422 g/mol. The van der Waals surface area contributed by atoms with Crippen LogP contribution in [-0.2, 0) is 9.59 Å². The number of aliphatic carboxylic acids is 1. The third-order valence-electron chi connectivity index (χ3n) is 4.36. The highest BCUT2D eigenvalue weighted by Gasteiger charge is 2.36. The topological polar surface area (TPSA) is 113 Å². The number of hydrogen-bond acceptors (Lipinski definition) is 7. The summed E-state index contributed by atoms with van der Waals surface area (Å²) < 4.78 is 11.1. The van der Waals surface area contributed by atoms with Crippen LogP contribution in [-0.4, -0.2) is 40.0 Å². The van der Waals surface area contributed by atoms with Gasteiger partial charge >= 0.3 is 5.97 Å². The number of aromatic hydroxyl groups is 1. The van der Waals surface area contributed by atoms with Crippen LogP contribution in [0.15, 0.2) is 47.4 Å². The number of carbonyl (C=O) groups is 3. The number of carboxylic acids is 1. The maximum absolute atomic E-state index is 12.8. The SMILES string of the molecule is CCOc1cc(/C=C2/SC(=O)N(c3cccc(O)c3)C2=O)ccc1OC(CC)C(=O)O. The van der Waals surface area contributed by atoms with Crippen LogP contribution >= 0.6 is 11.8 Å². The number of anilines is 1. The van der Waals surface area contributed by atoms with Gasteiger partial charge in [-0.05, 0) is 61.0 Å². The molecule has 0 aromatic heterocycles. The van der Waals surface area contributed by atoms with Gasteiger partial charge in [0, 0.05) is 6.07 Å². The fraction of sp³-hybridized carbons (Fsp3) is 0.227. The van der Waals surface area contributed by atoms with Crippen LogP contribution in [0.5, 0.6) is 17.2 Å². The minimum atomic E-state index is -1.07. The molecule has 2 aromatic rings. The van der Waals surface area contributed by atoms with Crippen molar-refractivity contribution in [3.63, 3.8) is 0 Å². The molecule has 1 fully saturated rings. The van der Waals surface area contributed by atoms with Crippen molar-refractivity contribution in [2.24, 2.45) is 0 Å². The lowest BCUT2D eigenvalue weighted by molar-refractivity contribution is -0.145. The minimum absolute atomic E-state index is 0.0516. The Morgan fingerprint density at radius 1 is 1.16 bits per heavy atom. The van der Waals surface area contributed by atoms with E-state index in [4.69, 9.17) is 9.47 Å². The van der Waals surface area contributed by atoms with Gasteiger partial charge in [0.1, 0.15) is 5.75 Å². The van der Waals surface area contributed by atoms with Gasteiger partial charge in [0.15, 0.2) is 17.6 Å². The van der Waals surface area contributed by atoms with Gasteiger partial charge in [0.25, 0.3) is 11.1 Å². The van der Waals surface area contributed by atoms with Crippen molar-refractivity contribution in [1.82, 2.24) is 0 Å². The van der Waals surface area contributed by atoms with Crippen molar-refractivity contribution in [1.29, 1.82) is 0 Å². The van der Waals surface area contributed by atoms with Gasteiger partial charge < -0.3 is 19.7 Å². The fourth-order valence-corrected chi connectivity index (χ4v) is 3.76. The summed E-state index contributed by atoms with van der Waals surface area (Å²) in [6, 6.07) is 10.7. The van der Waals surface area contributed by atoms with E-state index in [2.05, 4.69) is 0 Å². The van der Waals surface area contributed by atoms with E-state index in [0.717, 1.165) is 16.7 Å². The van der Waals surface area contributed by atoms with Crippen LogP contribution in [0.1, 0.15) is 25.8 Å². The van der Waals surface area contributed by atoms with Crippen LogP contribution in [0.3, 0.4) is 0 Å².